The van der Waals surface area contributed by atoms with Crippen LogP contribution in [-0.2, 0) is 13.5 Å². The number of hydrogen-bond donors (Lipinski definition) is 1. The van der Waals surface area contributed by atoms with E-state index in [9.17, 15) is 0 Å². The Balaban J connectivity index is 2.24. The van der Waals surface area contributed by atoms with Gasteiger partial charge in [0.1, 0.15) is 5.82 Å². The van der Waals surface area contributed by atoms with E-state index < -0.39 is 0 Å². The molecule has 2 rings (SSSR count). The van der Waals surface area contributed by atoms with Gasteiger partial charge in [0, 0.05) is 32.1 Å². The first kappa shape index (κ1) is 15.3. The molecule has 0 radical (unpaired) electrons. The lowest BCUT2D eigenvalue weighted by atomic mass is 10.1. The van der Waals surface area contributed by atoms with Crippen LogP contribution in [0.3, 0.4) is 0 Å². The summed E-state index contributed by atoms with van der Waals surface area (Å²) in [6, 6.07) is 1.76. The van der Waals surface area contributed by atoms with Crippen LogP contribution < -0.4 is 5.32 Å². The van der Waals surface area contributed by atoms with Gasteiger partial charge in [0.2, 0.25) is 0 Å². The number of aromatic nitrogens is 3. The van der Waals surface area contributed by atoms with Gasteiger partial charge in [0.25, 0.3) is 0 Å². The number of pyridine rings is 1. The van der Waals surface area contributed by atoms with Gasteiger partial charge in [-0.2, -0.15) is 0 Å². The molecule has 1 atom stereocenters. The molecule has 1 unspecified atom stereocenters. The summed E-state index contributed by atoms with van der Waals surface area (Å²) in [4.78, 5) is 8.74. The highest BCUT2D eigenvalue weighted by atomic mass is 35.5. The molecule has 0 saturated carbocycles. The zero-order chi connectivity index (χ0) is 14.5. The van der Waals surface area contributed by atoms with E-state index in [1.54, 1.807) is 18.5 Å². The molecule has 0 spiro atoms. The van der Waals surface area contributed by atoms with Crippen molar-refractivity contribution in [2.75, 3.05) is 6.54 Å². The van der Waals surface area contributed by atoms with Gasteiger partial charge in [0.15, 0.2) is 0 Å². The summed E-state index contributed by atoms with van der Waals surface area (Å²) in [5, 5.41) is 4.60. The quantitative estimate of drug-likeness (QED) is 0.889. The third-order valence-electron chi connectivity index (χ3n) is 3.11. The van der Waals surface area contributed by atoms with Crippen LogP contribution in [-0.4, -0.2) is 21.1 Å². The Labute approximate surface area is 129 Å². The molecule has 0 aliphatic carbocycles. The van der Waals surface area contributed by atoms with E-state index >= 15 is 0 Å². The highest BCUT2D eigenvalue weighted by Crippen LogP contribution is 2.25. The molecule has 2 heterocycles. The van der Waals surface area contributed by atoms with Crippen LogP contribution in [0.25, 0.3) is 0 Å². The lowest BCUT2D eigenvalue weighted by Crippen LogP contribution is -2.26. The zero-order valence-electron chi connectivity index (χ0n) is 11.6. The molecule has 108 valence electrons. The first-order chi connectivity index (χ1) is 9.61. The highest BCUT2D eigenvalue weighted by molar-refractivity contribution is 6.34. The lowest BCUT2D eigenvalue weighted by molar-refractivity contribution is 0.501. The Bertz CT molecular complexity index is 568. The van der Waals surface area contributed by atoms with Crippen molar-refractivity contribution in [3.8, 4) is 0 Å². The standard InChI is InChI=1S/C14H18Cl2N4/c1-3-4-17-12(8-13-18-5-6-20(13)2)14-11(16)7-10(15)9-19-14/h5-7,9,12,17H,3-4,8H2,1-2H3. The number of nitrogens with zero attached hydrogens (tertiary/aromatic N) is 3. The van der Waals surface area contributed by atoms with Crippen molar-refractivity contribution in [1.82, 2.24) is 19.9 Å². The maximum absolute atomic E-state index is 6.27. The van der Waals surface area contributed by atoms with E-state index in [1.165, 1.54) is 0 Å². The molecule has 0 saturated heterocycles. The Morgan fingerprint density at radius 1 is 1.35 bits per heavy atom. The molecule has 20 heavy (non-hydrogen) atoms. The van der Waals surface area contributed by atoms with Crippen molar-refractivity contribution < 1.29 is 0 Å². The molecular weight excluding hydrogens is 295 g/mol. The Hall–Kier alpha value is -1.10. The van der Waals surface area contributed by atoms with Crippen molar-refractivity contribution in [2.24, 2.45) is 7.05 Å². The van der Waals surface area contributed by atoms with E-state index in [-0.39, 0.29) is 6.04 Å². The maximum atomic E-state index is 6.27. The van der Waals surface area contributed by atoms with Crippen LogP contribution in [0.1, 0.15) is 30.9 Å². The first-order valence-corrected chi connectivity index (χ1v) is 7.38. The fourth-order valence-electron chi connectivity index (χ4n) is 2.04. The molecular formula is C14H18Cl2N4. The fourth-order valence-corrected chi connectivity index (χ4v) is 2.55. The average molecular weight is 313 g/mol. The summed E-state index contributed by atoms with van der Waals surface area (Å²) in [5.41, 5.74) is 0.813. The molecule has 0 aromatic carbocycles. The minimum Gasteiger partial charge on any atom is -0.338 e. The molecule has 2 aromatic rings. The van der Waals surface area contributed by atoms with Crippen LogP contribution in [0, 0.1) is 0 Å². The lowest BCUT2D eigenvalue weighted by Gasteiger charge is -2.19. The first-order valence-electron chi connectivity index (χ1n) is 6.62. The van der Waals surface area contributed by atoms with Crippen molar-refractivity contribution in [3.05, 3.63) is 46.2 Å². The third kappa shape index (κ3) is 3.72. The summed E-state index contributed by atoms with van der Waals surface area (Å²) in [6.45, 7) is 3.03. The molecule has 0 aliphatic heterocycles. The van der Waals surface area contributed by atoms with Gasteiger partial charge in [0.05, 0.1) is 21.8 Å². The average Bonchev–Trinajstić information content (AvgIpc) is 2.80. The van der Waals surface area contributed by atoms with Gasteiger partial charge in [-0.15, -0.1) is 0 Å². The molecule has 6 heteroatoms. The van der Waals surface area contributed by atoms with Gasteiger partial charge >= 0.3 is 0 Å². The van der Waals surface area contributed by atoms with E-state index in [0.717, 1.165) is 30.9 Å². The normalized spacial score (nSPS) is 12.6. The van der Waals surface area contributed by atoms with Gasteiger partial charge in [-0.3, -0.25) is 4.98 Å². The van der Waals surface area contributed by atoms with Crippen LogP contribution in [0.15, 0.2) is 24.7 Å². The van der Waals surface area contributed by atoms with Crippen LogP contribution in [0.4, 0.5) is 0 Å². The number of hydrogen-bond acceptors (Lipinski definition) is 3. The minimum absolute atomic E-state index is 0.0285. The summed E-state index contributed by atoms with van der Waals surface area (Å²) in [5.74, 6) is 0.992. The van der Waals surface area contributed by atoms with Gasteiger partial charge in [-0.1, -0.05) is 30.1 Å². The second kappa shape index (κ2) is 7.07. The SMILES string of the molecule is CCCNC(Cc1nccn1C)c1ncc(Cl)cc1Cl. The number of halogens is 2. The Kier molecular flexibility index (Phi) is 5.40. The van der Waals surface area contributed by atoms with E-state index in [1.807, 2.05) is 17.8 Å². The van der Waals surface area contributed by atoms with E-state index in [4.69, 9.17) is 23.2 Å². The largest absolute Gasteiger partial charge is 0.338 e. The summed E-state index contributed by atoms with van der Waals surface area (Å²) >= 11 is 12.2. The molecule has 0 aliphatic rings. The van der Waals surface area contributed by atoms with Crippen molar-refractivity contribution >= 4 is 23.2 Å². The number of imidazole rings is 1. The number of aryl methyl sites for hydroxylation is 1. The number of rotatable bonds is 6. The van der Waals surface area contributed by atoms with Crippen LogP contribution in [0.2, 0.25) is 10.0 Å². The topological polar surface area (TPSA) is 42.7 Å². The molecule has 0 fully saturated rings. The predicted octanol–water partition coefficient (Wildman–Crippen LogP) is 3.41. The molecule has 4 nitrogen and oxygen atoms in total. The summed E-state index contributed by atoms with van der Waals surface area (Å²) in [6.07, 6.45) is 7.13. The van der Waals surface area contributed by atoms with Crippen LogP contribution >= 0.6 is 23.2 Å². The van der Waals surface area contributed by atoms with Crippen molar-refractivity contribution in [1.29, 1.82) is 0 Å². The molecule has 0 bridgehead atoms. The second-order valence-corrected chi connectivity index (χ2v) is 5.53. The Morgan fingerprint density at radius 3 is 2.75 bits per heavy atom. The van der Waals surface area contributed by atoms with Gasteiger partial charge < -0.3 is 9.88 Å². The Morgan fingerprint density at radius 2 is 2.15 bits per heavy atom. The monoisotopic (exact) mass is 312 g/mol. The summed E-state index contributed by atoms with van der Waals surface area (Å²) in [7, 11) is 1.98. The minimum atomic E-state index is 0.0285. The van der Waals surface area contributed by atoms with Crippen LogP contribution in [0.5, 0.6) is 0 Å². The predicted molar refractivity (Wildman–Crippen MR) is 82.2 cm³/mol. The maximum Gasteiger partial charge on any atom is 0.110 e. The smallest absolute Gasteiger partial charge is 0.110 e. The molecule has 2 aromatic heterocycles. The van der Waals surface area contributed by atoms with E-state index in [0.29, 0.717) is 10.0 Å². The van der Waals surface area contributed by atoms with Crippen molar-refractivity contribution in [3.63, 3.8) is 0 Å². The zero-order valence-corrected chi connectivity index (χ0v) is 13.1. The summed E-state index contributed by atoms with van der Waals surface area (Å²) < 4.78 is 2.00. The third-order valence-corrected chi connectivity index (χ3v) is 3.62. The van der Waals surface area contributed by atoms with Crippen molar-refractivity contribution in [2.45, 2.75) is 25.8 Å². The highest BCUT2D eigenvalue weighted by Gasteiger charge is 2.18. The number of nitrogens with one attached hydrogen (secondary N) is 1. The van der Waals surface area contributed by atoms with Gasteiger partial charge in [-0.05, 0) is 19.0 Å². The van der Waals surface area contributed by atoms with Gasteiger partial charge in [-0.25, -0.2) is 4.98 Å². The second-order valence-electron chi connectivity index (χ2n) is 4.69. The van der Waals surface area contributed by atoms with E-state index in [2.05, 4.69) is 22.2 Å². The molecule has 1 N–H and O–H groups in total. The fraction of sp³-hybridized carbons (Fsp3) is 0.429. The molecule has 0 amide bonds.